The first-order chi connectivity index (χ1) is 10.3. The van der Waals surface area contributed by atoms with Gasteiger partial charge in [0.1, 0.15) is 4.90 Å². The van der Waals surface area contributed by atoms with Gasteiger partial charge >= 0.3 is 10.1 Å². The number of hydrogen-bond acceptors (Lipinski definition) is 4. The van der Waals surface area contributed by atoms with Crippen molar-refractivity contribution in [3.8, 4) is 0 Å². The highest BCUT2D eigenvalue weighted by Gasteiger charge is 2.15. The molecule has 4 nitrogen and oxygen atoms in total. The fourth-order valence-corrected chi connectivity index (χ4v) is 2.39. The number of aryl methyl sites for hydroxylation is 1. The Morgan fingerprint density at radius 1 is 1.05 bits per heavy atom. The minimum Gasteiger partial charge on any atom is -0.265 e. The van der Waals surface area contributed by atoms with Gasteiger partial charge in [0.2, 0.25) is 0 Å². The summed E-state index contributed by atoms with van der Waals surface area (Å²) in [5, 5.41) is 3.48. The van der Waals surface area contributed by atoms with Gasteiger partial charge in [0.15, 0.2) is 11.6 Å². The second-order valence-corrected chi connectivity index (χ2v) is 6.18. The molecule has 0 unspecified atom stereocenters. The van der Waals surface area contributed by atoms with Crippen molar-refractivity contribution in [2.45, 2.75) is 18.7 Å². The molecule has 0 N–H and O–H groups in total. The van der Waals surface area contributed by atoms with Crippen LogP contribution in [0.15, 0.2) is 52.5 Å². The quantitative estimate of drug-likeness (QED) is 0.639. The predicted molar refractivity (Wildman–Crippen MR) is 78.0 cm³/mol. The van der Waals surface area contributed by atoms with Gasteiger partial charge in [-0.3, -0.25) is 4.28 Å². The first-order valence-corrected chi connectivity index (χ1v) is 7.71. The lowest BCUT2D eigenvalue weighted by Crippen LogP contribution is -2.05. The standard InChI is InChI=1S/C15H13F2NO3S/c1-10-3-6-13(7-4-10)22(19,20)21-18-11(2)12-5-8-14(16)15(17)9-12/h3-9H,1-2H3. The monoisotopic (exact) mass is 325 g/mol. The van der Waals surface area contributed by atoms with Gasteiger partial charge in [0, 0.05) is 5.56 Å². The Morgan fingerprint density at radius 2 is 1.68 bits per heavy atom. The van der Waals surface area contributed by atoms with Crippen molar-refractivity contribution in [1.82, 2.24) is 0 Å². The molecule has 0 amide bonds. The number of oxime groups is 1. The number of benzene rings is 2. The zero-order chi connectivity index (χ0) is 16.3. The third kappa shape index (κ3) is 3.67. The van der Waals surface area contributed by atoms with Gasteiger partial charge < -0.3 is 0 Å². The fourth-order valence-electron chi connectivity index (χ4n) is 1.63. The van der Waals surface area contributed by atoms with Crippen molar-refractivity contribution >= 4 is 15.8 Å². The summed E-state index contributed by atoms with van der Waals surface area (Å²) >= 11 is 0. The molecule has 0 heterocycles. The molecule has 116 valence electrons. The highest BCUT2D eigenvalue weighted by molar-refractivity contribution is 7.86. The van der Waals surface area contributed by atoms with Crippen LogP contribution in [0.4, 0.5) is 8.78 Å². The van der Waals surface area contributed by atoms with Gasteiger partial charge in [-0.1, -0.05) is 22.9 Å². The molecule has 0 aliphatic heterocycles. The molecule has 0 aliphatic rings. The van der Waals surface area contributed by atoms with Gasteiger partial charge in [-0.15, -0.1) is 0 Å². The highest BCUT2D eigenvalue weighted by Crippen LogP contribution is 2.15. The maximum atomic E-state index is 13.1. The van der Waals surface area contributed by atoms with Crippen molar-refractivity contribution in [3.05, 3.63) is 65.2 Å². The van der Waals surface area contributed by atoms with E-state index >= 15 is 0 Å². The molecule has 7 heteroatoms. The van der Waals surface area contributed by atoms with E-state index in [-0.39, 0.29) is 16.2 Å². The summed E-state index contributed by atoms with van der Waals surface area (Å²) in [5.41, 5.74) is 1.23. The fraction of sp³-hybridized carbons (Fsp3) is 0.133. The third-order valence-corrected chi connectivity index (χ3v) is 4.04. The van der Waals surface area contributed by atoms with Gasteiger partial charge in [-0.05, 0) is 44.2 Å². The molecule has 2 rings (SSSR count). The molecule has 0 atom stereocenters. The van der Waals surface area contributed by atoms with Crippen LogP contribution in [0, 0.1) is 18.6 Å². The van der Waals surface area contributed by atoms with E-state index < -0.39 is 21.8 Å². The molecule has 0 aromatic heterocycles. The van der Waals surface area contributed by atoms with E-state index in [2.05, 4.69) is 9.44 Å². The second-order valence-electron chi connectivity index (χ2n) is 4.65. The SMILES string of the molecule is CC(=NOS(=O)(=O)c1ccc(C)cc1)c1ccc(F)c(F)c1. The second kappa shape index (κ2) is 6.23. The Hall–Kier alpha value is -2.28. The molecular formula is C15H13F2NO3S. The van der Waals surface area contributed by atoms with Crippen molar-refractivity contribution in [1.29, 1.82) is 0 Å². The lowest BCUT2D eigenvalue weighted by Gasteiger charge is -2.04. The van der Waals surface area contributed by atoms with Gasteiger partial charge in [-0.25, -0.2) is 8.78 Å². The minimum absolute atomic E-state index is 0.0417. The summed E-state index contributed by atoms with van der Waals surface area (Å²) in [6.07, 6.45) is 0. The number of nitrogens with zero attached hydrogens (tertiary/aromatic N) is 1. The zero-order valence-electron chi connectivity index (χ0n) is 11.9. The Labute approximate surface area is 127 Å². The summed E-state index contributed by atoms with van der Waals surface area (Å²) in [6.45, 7) is 3.25. The van der Waals surface area contributed by atoms with Gasteiger partial charge in [-0.2, -0.15) is 8.42 Å². The van der Waals surface area contributed by atoms with Gasteiger partial charge in [0.25, 0.3) is 0 Å². The molecule has 0 bridgehead atoms. The Kier molecular flexibility index (Phi) is 4.56. The Bertz CT molecular complexity index is 815. The molecule has 0 fully saturated rings. The largest absolute Gasteiger partial charge is 0.358 e. The van der Waals surface area contributed by atoms with Crippen molar-refractivity contribution in [2.75, 3.05) is 0 Å². The van der Waals surface area contributed by atoms with E-state index in [1.807, 2.05) is 6.92 Å². The smallest absolute Gasteiger partial charge is 0.265 e. The molecule has 0 spiro atoms. The summed E-state index contributed by atoms with van der Waals surface area (Å²) in [5.74, 6) is -2.04. The van der Waals surface area contributed by atoms with E-state index in [1.165, 1.54) is 25.1 Å². The minimum atomic E-state index is -4.05. The lowest BCUT2D eigenvalue weighted by molar-refractivity contribution is 0.338. The van der Waals surface area contributed by atoms with Crippen LogP contribution >= 0.6 is 0 Å². The average Bonchev–Trinajstić information content (AvgIpc) is 2.48. The molecule has 0 radical (unpaired) electrons. The molecular weight excluding hydrogens is 312 g/mol. The molecule has 0 saturated heterocycles. The third-order valence-electron chi connectivity index (χ3n) is 2.92. The summed E-state index contributed by atoms with van der Waals surface area (Å²) in [4.78, 5) is -0.0417. The maximum absolute atomic E-state index is 13.1. The van der Waals surface area contributed by atoms with Crippen LogP contribution in [-0.4, -0.2) is 14.1 Å². The topological polar surface area (TPSA) is 55.7 Å². The van der Waals surface area contributed by atoms with Crippen LogP contribution < -0.4 is 0 Å². The van der Waals surface area contributed by atoms with Crippen molar-refractivity contribution in [2.24, 2.45) is 5.16 Å². The van der Waals surface area contributed by atoms with E-state index in [4.69, 9.17) is 0 Å². The van der Waals surface area contributed by atoms with E-state index in [0.29, 0.717) is 0 Å². The van der Waals surface area contributed by atoms with Crippen molar-refractivity contribution in [3.63, 3.8) is 0 Å². The Morgan fingerprint density at radius 3 is 2.27 bits per heavy atom. The molecule has 0 aliphatic carbocycles. The predicted octanol–water partition coefficient (Wildman–Crippen LogP) is 3.40. The normalized spacial score (nSPS) is 12.3. The van der Waals surface area contributed by atoms with Crippen LogP contribution in [0.2, 0.25) is 0 Å². The van der Waals surface area contributed by atoms with Crippen molar-refractivity contribution < 1.29 is 21.5 Å². The highest BCUT2D eigenvalue weighted by atomic mass is 32.2. The average molecular weight is 325 g/mol. The van der Waals surface area contributed by atoms with Crippen LogP contribution in [0.1, 0.15) is 18.1 Å². The zero-order valence-corrected chi connectivity index (χ0v) is 12.7. The first-order valence-electron chi connectivity index (χ1n) is 6.30. The number of halogens is 2. The molecule has 22 heavy (non-hydrogen) atoms. The lowest BCUT2D eigenvalue weighted by atomic mass is 10.1. The van der Waals surface area contributed by atoms with Crippen LogP contribution in [-0.2, 0) is 14.4 Å². The number of hydrogen-bond donors (Lipinski definition) is 0. The van der Waals surface area contributed by atoms with Crippen LogP contribution in [0.5, 0.6) is 0 Å². The summed E-state index contributed by atoms with van der Waals surface area (Å²) in [6, 6.07) is 9.16. The molecule has 2 aromatic rings. The first kappa shape index (κ1) is 16.1. The van der Waals surface area contributed by atoms with Crippen LogP contribution in [0.25, 0.3) is 0 Å². The number of rotatable bonds is 4. The molecule has 0 saturated carbocycles. The summed E-state index contributed by atoms with van der Waals surface area (Å²) < 4.78 is 54.4. The van der Waals surface area contributed by atoms with E-state index in [0.717, 1.165) is 17.7 Å². The summed E-state index contributed by atoms with van der Waals surface area (Å²) in [7, 11) is -4.05. The maximum Gasteiger partial charge on any atom is 0.358 e. The van der Waals surface area contributed by atoms with Crippen LogP contribution in [0.3, 0.4) is 0 Å². The van der Waals surface area contributed by atoms with E-state index in [1.54, 1.807) is 12.1 Å². The Balaban J connectivity index is 2.22. The molecule has 2 aromatic carbocycles. The van der Waals surface area contributed by atoms with Gasteiger partial charge in [0.05, 0.1) is 5.71 Å². The van der Waals surface area contributed by atoms with E-state index in [9.17, 15) is 17.2 Å².